The summed E-state index contributed by atoms with van der Waals surface area (Å²) in [6.45, 7) is 1.64. The number of amides is 2. The summed E-state index contributed by atoms with van der Waals surface area (Å²) in [4.78, 5) is 24.4. The SMILES string of the molecule is COc1ccc(-c2nnc(NC(=O)C(C)NC(=O)CCc3ccccc3)s2)cc1. The molecule has 0 fully saturated rings. The Morgan fingerprint density at radius 1 is 1.07 bits per heavy atom. The van der Waals surface area contributed by atoms with Crippen molar-refractivity contribution in [2.24, 2.45) is 0 Å². The van der Waals surface area contributed by atoms with Crippen molar-refractivity contribution in [1.29, 1.82) is 0 Å². The van der Waals surface area contributed by atoms with Crippen LogP contribution in [0.4, 0.5) is 5.13 Å². The fraction of sp³-hybridized carbons (Fsp3) is 0.238. The molecule has 8 heteroatoms. The molecule has 3 aromatic rings. The molecule has 2 N–H and O–H groups in total. The van der Waals surface area contributed by atoms with E-state index in [0.29, 0.717) is 23.0 Å². The number of nitrogens with zero attached hydrogens (tertiary/aromatic N) is 2. The van der Waals surface area contributed by atoms with Crippen molar-refractivity contribution in [3.8, 4) is 16.3 Å². The summed E-state index contributed by atoms with van der Waals surface area (Å²) in [6.07, 6.45) is 0.949. The lowest BCUT2D eigenvalue weighted by molar-refractivity contribution is -0.126. The largest absolute Gasteiger partial charge is 0.497 e. The van der Waals surface area contributed by atoms with Gasteiger partial charge in [-0.25, -0.2) is 0 Å². The normalized spacial score (nSPS) is 11.5. The average Bonchev–Trinajstić information content (AvgIpc) is 3.21. The van der Waals surface area contributed by atoms with E-state index in [9.17, 15) is 9.59 Å². The first-order valence-corrected chi connectivity index (χ1v) is 9.99. The van der Waals surface area contributed by atoms with Gasteiger partial charge >= 0.3 is 0 Å². The summed E-state index contributed by atoms with van der Waals surface area (Å²) in [5.41, 5.74) is 1.96. The molecular formula is C21H22N4O3S. The van der Waals surface area contributed by atoms with Crippen LogP contribution in [-0.4, -0.2) is 35.2 Å². The first-order valence-electron chi connectivity index (χ1n) is 9.17. The Bertz CT molecular complexity index is 958. The third-order valence-electron chi connectivity index (χ3n) is 4.25. The fourth-order valence-electron chi connectivity index (χ4n) is 2.62. The summed E-state index contributed by atoms with van der Waals surface area (Å²) < 4.78 is 5.14. The van der Waals surface area contributed by atoms with Crippen molar-refractivity contribution in [2.75, 3.05) is 12.4 Å². The highest BCUT2D eigenvalue weighted by Crippen LogP contribution is 2.27. The van der Waals surface area contributed by atoms with Crippen LogP contribution in [-0.2, 0) is 16.0 Å². The molecule has 0 bridgehead atoms. The summed E-state index contributed by atoms with van der Waals surface area (Å²) >= 11 is 1.26. The number of rotatable bonds is 8. The third-order valence-corrected chi connectivity index (χ3v) is 5.13. The number of benzene rings is 2. The molecule has 0 aliphatic carbocycles. The Morgan fingerprint density at radius 3 is 2.48 bits per heavy atom. The Labute approximate surface area is 173 Å². The molecule has 0 aliphatic heterocycles. The minimum atomic E-state index is -0.674. The van der Waals surface area contributed by atoms with Gasteiger partial charge in [0.05, 0.1) is 7.11 Å². The molecule has 150 valence electrons. The van der Waals surface area contributed by atoms with Crippen LogP contribution in [0.3, 0.4) is 0 Å². The van der Waals surface area contributed by atoms with Gasteiger partial charge < -0.3 is 10.1 Å². The van der Waals surface area contributed by atoms with Crippen LogP contribution in [0.2, 0.25) is 0 Å². The lowest BCUT2D eigenvalue weighted by Gasteiger charge is -2.12. The van der Waals surface area contributed by atoms with Crippen molar-refractivity contribution < 1.29 is 14.3 Å². The molecule has 1 heterocycles. The molecule has 2 amide bonds. The summed E-state index contributed by atoms with van der Waals surface area (Å²) in [5, 5.41) is 14.6. The van der Waals surface area contributed by atoms with Crippen molar-refractivity contribution >= 4 is 28.3 Å². The van der Waals surface area contributed by atoms with E-state index in [-0.39, 0.29) is 11.8 Å². The first-order chi connectivity index (χ1) is 14.0. The number of carbonyl (C=O) groups excluding carboxylic acids is 2. The van der Waals surface area contributed by atoms with Gasteiger partial charge in [-0.3, -0.25) is 14.9 Å². The number of aromatic nitrogens is 2. The molecule has 0 spiro atoms. The monoisotopic (exact) mass is 410 g/mol. The topological polar surface area (TPSA) is 93.2 Å². The van der Waals surface area contributed by atoms with Crippen LogP contribution in [0, 0.1) is 0 Å². The molecule has 0 saturated heterocycles. The highest BCUT2D eigenvalue weighted by Gasteiger charge is 2.17. The second-order valence-corrected chi connectivity index (χ2v) is 7.38. The molecule has 0 saturated carbocycles. The molecule has 3 rings (SSSR count). The number of carbonyl (C=O) groups is 2. The van der Waals surface area contributed by atoms with Crippen molar-refractivity contribution in [2.45, 2.75) is 25.8 Å². The molecular weight excluding hydrogens is 388 g/mol. The Balaban J connectivity index is 1.50. The second-order valence-electron chi connectivity index (χ2n) is 6.40. The van der Waals surface area contributed by atoms with Crippen LogP contribution >= 0.6 is 11.3 Å². The predicted molar refractivity (Wildman–Crippen MR) is 113 cm³/mol. The molecule has 1 atom stereocenters. The number of methoxy groups -OCH3 is 1. The number of ether oxygens (including phenoxy) is 1. The minimum absolute atomic E-state index is 0.173. The summed E-state index contributed by atoms with van der Waals surface area (Å²) in [7, 11) is 1.61. The number of anilines is 1. The van der Waals surface area contributed by atoms with Gasteiger partial charge in [-0.2, -0.15) is 0 Å². The number of nitrogens with one attached hydrogen (secondary N) is 2. The van der Waals surface area contributed by atoms with E-state index in [2.05, 4.69) is 20.8 Å². The smallest absolute Gasteiger partial charge is 0.248 e. The van der Waals surface area contributed by atoms with Crippen LogP contribution in [0.1, 0.15) is 18.9 Å². The Hall–Kier alpha value is -3.26. The number of aryl methyl sites for hydroxylation is 1. The highest BCUT2D eigenvalue weighted by molar-refractivity contribution is 7.18. The zero-order valence-corrected chi connectivity index (χ0v) is 17.0. The van der Waals surface area contributed by atoms with Gasteiger partial charge in [0.25, 0.3) is 0 Å². The Kier molecular flexibility index (Phi) is 6.91. The maximum absolute atomic E-state index is 12.3. The fourth-order valence-corrected chi connectivity index (χ4v) is 3.37. The van der Waals surface area contributed by atoms with Gasteiger partial charge in [-0.1, -0.05) is 41.7 Å². The van der Waals surface area contributed by atoms with Gasteiger partial charge in [0.2, 0.25) is 16.9 Å². The van der Waals surface area contributed by atoms with Gasteiger partial charge in [0.15, 0.2) is 0 Å². The van der Waals surface area contributed by atoms with Crippen molar-refractivity contribution in [1.82, 2.24) is 15.5 Å². The first kappa shape index (κ1) is 20.5. The maximum Gasteiger partial charge on any atom is 0.248 e. The number of hydrogen-bond donors (Lipinski definition) is 2. The molecule has 0 radical (unpaired) electrons. The van der Waals surface area contributed by atoms with Crippen molar-refractivity contribution in [3.63, 3.8) is 0 Å². The summed E-state index contributed by atoms with van der Waals surface area (Å²) in [6, 6.07) is 16.5. The third kappa shape index (κ3) is 5.86. The van der Waals surface area contributed by atoms with E-state index in [0.717, 1.165) is 16.9 Å². The lowest BCUT2D eigenvalue weighted by atomic mass is 10.1. The quantitative estimate of drug-likeness (QED) is 0.594. The minimum Gasteiger partial charge on any atom is -0.497 e. The van der Waals surface area contributed by atoms with E-state index in [1.165, 1.54) is 11.3 Å². The van der Waals surface area contributed by atoms with E-state index in [1.54, 1.807) is 14.0 Å². The summed E-state index contributed by atoms with van der Waals surface area (Å²) in [5.74, 6) is 0.242. The van der Waals surface area contributed by atoms with E-state index in [1.807, 2.05) is 54.6 Å². The van der Waals surface area contributed by atoms with E-state index in [4.69, 9.17) is 4.74 Å². The molecule has 2 aromatic carbocycles. The molecule has 1 aromatic heterocycles. The molecule has 29 heavy (non-hydrogen) atoms. The predicted octanol–water partition coefficient (Wildman–Crippen LogP) is 3.29. The molecule has 1 unspecified atom stereocenters. The second kappa shape index (κ2) is 9.79. The van der Waals surface area contributed by atoms with Gasteiger partial charge in [-0.15, -0.1) is 10.2 Å². The van der Waals surface area contributed by atoms with Crippen LogP contribution < -0.4 is 15.4 Å². The van der Waals surface area contributed by atoms with Crippen molar-refractivity contribution in [3.05, 3.63) is 60.2 Å². The Morgan fingerprint density at radius 2 is 1.79 bits per heavy atom. The van der Waals surface area contributed by atoms with E-state index < -0.39 is 6.04 Å². The standard InChI is InChI=1S/C21H22N4O3S/c1-14(22-18(26)13-8-15-6-4-3-5-7-15)19(27)23-21-25-24-20(29-21)16-9-11-17(28-2)12-10-16/h3-7,9-12,14H,8,13H2,1-2H3,(H,22,26)(H,23,25,27). The van der Waals surface area contributed by atoms with Gasteiger partial charge in [0, 0.05) is 12.0 Å². The van der Waals surface area contributed by atoms with Gasteiger partial charge in [0.1, 0.15) is 16.8 Å². The average molecular weight is 410 g/mol. The highest BCUT2D eigenvalue weighted by atomic mass is 32.1. The molecule has 7 nitrogen and oxygen atoms in total. The van der Waals surface area contributed by atoms with Gasteiger partial charge in [-0.05, 0) is 43.2 Å². The van der Waals surface area contributed by atoms with Crippen LogP contribution in [0.15, 0.2) is 54.6 Å². The number of hydrogen-bond acceptors (Lipinski definition) is 6. The maximum atomic E-state index is 12.3. The lowest BCUT2D eigenvalue weighted by Crippen LogP contribution is -2.41. The molecule has 0 aliphatic rings. The zero-order chi connectivity index (χ0) is 20.6. The van der Waals surface area contributed by atoms with E-state index >= 15 is 0 Å². The van der Waals surface area contributed by atoms with Crippen LogP contribution in [0.25, 0.3) is 10.6 Å². The zero-order valence-electron chi connectivity index (χ0n) is 16.2. The van der Waals surface area contributed by atoms with Crippen LogP contribution in [0.5, 0.6) is 5.75 Å².